The third-order valence-corrected chi connectivity index (χ3v) is 3.95. The molecule has 0 unspecified atom stereocenters. The van der Waals surface area contributed by atoms with Gasteiger partial charge < -0.3 is 0 Å². The van der Waals surface area contributed by atoms with Crippen molar-refractivity contribution in [2.75, 3.05) is 7.05 Å². The summed E-state index contributed by atoms with van der Waals surface area (Å²) in [6.07, 6.45) is 2.69. The minimum absolute atomic E-state index is 0.0758. The van der Waals surface area contributed by atoms with Gasteiger partial charge in [0.1, 0.15) is 12.4 Å². The molecule has 24 heavy (non-hydrogen) atoms. The van der Waals surface area contributed by atoms with Crippen LogP contribution in [0.15, 0.2) is 54.9 Å². The first-order chi connectivity index (χ1) is 11.6. The van der Waals surface area contributed by atoms with Crippen molar-refractivity contribution in [2.45, 2.75) is 13.5 Å². The molecule has 0 saturated carbocycles. The van der Waals surface area contributed by atoms with Crippen LogP contribution >= 0.6 is 0 Å². The zero-order valence-corrected chi connectivity index (χ0v) is 13.5. The quantitative estimate of drug-likeness (QED) is 0.684. The SMILES string of the molecule is Cc1c(F)cncc1CON(C)C(=O)c1ccc2ccccc2c1. The van der Waals surface area contributed by atoms with Crippen molar-refractivity contribution in [2.24, 2.45) is 0 Å². The highest BCUT2D eigenvalue weighted by Crippen LogP contribution is 2.17. The van der Waals surface area contributed by atoms with Gasteiger partial charge in [0.25, 0.3) is 5.91 Å². The molecule has 5 heteroatoms. The number of carbonyl (C=O) groups is 1. The standard InChI is InChI=1S/C19H17FN2O2/c1-13-17(10-21-11-18(13)20)12-24-22(2)19(23)16-8-7-14-5-3-4-6-15(14)9-16/h3-11H,12H2,1-2H3. The molecular formula is C19H17FN2O2. The third kappa shape index (κ3) is 3.26. The number of rotatable bonds is 4. The fourth-order valence-corrected chi connectivity index (χ4v) is 2.41. The molecule has 0 saturated heterocycles. The van der Waals surface area contributed by atoms with E-state index < -0.39 is 0 Å². The predicted octanol–water partition coefficient (Wildman–Crippen LogP) is 3.89. The molecular weight excluding hydrogens is 307 g/mol. The summed E-state index contributed by atoms with van der Waals surface area (Å²) in [5, 5.41) is 3.22. The Bertz CT molecular complexity index is 895. The van der Waals surface area contributed by atoms with E-state index >= 15 is 0 Å². The predicted molar refractivity (Wildman–Crippen MR) is 89.8 cm³/mol. The zero-order chi connectivity index (χ0) is 17.1. The average Bonchev–Trinajstić information content (AvgIpc) is 2.61. The van der Waals surface area contributed by atoms with Gasteiger partial charge in [0.05, 0.1) is 6.20 Å². The van der Waals surface area contributed by atoms with Crippen LogP contribution in [-0.2, 0) is 11.4 Å². The Hall–Kier alpha value is -2.79. The topological polar surface area (TPSA) is 42.4 Å². The van der Waals surface area contributed by atoms with Crippen molar-refractivity contribution < 1.29 is 14.0 Å². The molecule has 2 aromatic carbocycles. The number of amides is 1. The third-order valence-electron chi connectivity index (χ3n) is 3.95. The van der Waals surface area contributed by atoms with E-state index in [1.54, 1.807) is 20.0 Å². The number of halogens is 1. The van der Waals surface area contributed by atoms with Gasteiger partial charge in [-0.05, 0) is 35.4 Å². The first kappa shape index (κ1) is 16.1. The van der Waals surface area contributed by atoms with Crippen molar-refractivity contribution in [1.82, 2.24) is 10.0 Å². The monoisotopic (exact) mass is 324 g/mol. The second-order valence-electron chi connectivity index (χ2n) is 5.54. The van der Waals surface area contributed by atoms with Gasteiger partial charge in [0.15, 0.2) is 0 Å². The van der Waals surface area contributed by atoms with E-state index in [0.29, 0.717) is 16.7 Å². The van der Waals surface area contributed by atoms with Gasteiger partial charge in [-0.1, -0.05) is 30.3 Å². The summed E-state index contributed by atoms with van der Waals surface area (Å²) in [5.74, 6) is -0.651. The van der Waals surface area contributed by atoms with Crippen LogP contribution in [0.2, 0.25) is 0 Å². The van der Waals surface area contributed by atoms with Crippen molar-refractivity contribution in [1.29, 1.82) is 0 Å². The van der Waals surface area contributed by atoms with E-state index in [1.165, 1.54) is 6.20 Å². The number of carbonyl (C=O) groups excluding carboxylic acids is 1. The summed E-state index contributed by atoms with van der Waals surface area (Å²) in [6, 6.07) is 13.3. The fourth-order valence-electron chi connectivity index (χ4n) is 2.41. The molecule has 0 radical (unpaired) electrons. The van der Waals surface area contributed by atoms with Gasteiger partial charge in [-0.2, -0.15) is 0 Å². The molecule has 0 N–H and O–H groups in total. The maximum Gasteiger partial charge on any atom is 0.277 e. The molecule has 0 aliphatic heterocycles. The molecule has 1 amide bonds. The number of pyridine rings is 1. The number of nitrogens with zero attached hydrogens (tertiary/aromatic N) is 2. The van der Waals surface area contributed by atoms with Gasteiger partial charge in [0.2, 0.25) is 0 Å². The summed E-state index contributed by atoms with van der Waals surface area (Å²) in [5.41, 5.74) is 1.61. The van der Waals surface area contributed by atoms with E-state index in [2.05, 4.69) is 4.98 Å². The van der Waals surface area contributed by atoms with Crippen molar-refractivity contribution >= 4 is 16.7 Å². The average molecular weight is 324 g/mol. The summed E-state index contributed by atoms with van der Waals surface area (Å²) < 4.78 is 13.5. The van der Waals surface area contributed by atoms with Crippen molar-refractivity contribution in [3.8, 4) is 0 Å². The molecule has 0 fully saturated rings. The second-order valence-corrected chi connectivity index (χ2v) is 5.54. The summed E-state index contributed by atoms with van der Waals surface area (Å²) in [7, 11) is 1.54. The molecule has 0 bridgehead atoms. The highest BCUT2D eigenvalue weighted by atomic mass is 19.1. The zero-order valence-electron chi connectivity index (χ0n) is 13.5. The molecule has 0 atom stereocenters. The lowest BCUT2D eigenvalue weighted by Gasteiger charge is -2.18. The highest BCUT2D eigenvalue weighted by molar-refractivity contribution is 5.97. The smallest absolute Gasteiger partial charge is 0.267 e. The van der Waals surface area contributed by atoms with Crippen molar-refractivity contribution in [3.63, 3.8) is 0 Å². The maximum atomic E-state index is 13.5. The number of fused-ring (bicyclic) bond motifs is 1. The lowest BCUT2D eigenvalue weighted by Crippen LogP contribution is -2.27. The van der Waals surface area contributed by atoms with Crippen LogP contribution in [0.4, 0.5) is 4.39 Å². The summed E-state index contributed by atoms with van der Waals surface area (Å²) in [6.45, 7) is 1.73. The fraction of sp³-hybridized carbons (Fsp3) is 0.158. The van der Waals surface area contributed by atoms with E-state index in [-0.39, 0.29) is 18.3 Å². The number of hydrogen-bond acceptors (Lipinski definition) is 3. The molecule has 3 rings (SSSR count). The number of aromatic nitrogens is 1. The van der Waals surface area contributed by atoms with Crippen LogP contribution in [0.3, 0.4) is 0 Å². The first-order valence-electron chi connectivity index (χ1n) is 7.55. The van der Waals surface area contributed by atoms with Gasteiger partial charge in [0, 0.05) is 24.4 Å². The van der Waals surface area contributed by atoms with Crippen molar-refractivity contribution in [3.05, 3.63) is 77.4 Å². The van der Waals surface area contributed by atoms with Gasteiger partial charge in [-0.3, -0.25) is 14.6 Å². The molecule has 0 spiro atoms. The van der Waals surface area contributed by atoms with Gasteiger partial charge >= 0.3 is 0 Å². The van der Waals surface area contributed by atoms with Crippen LogP contribution in [-0.4, -0.2) is 23.0 Å². The lowest BCUT2D eigenvalue weighted by atomic mass is 10.1. The summed E-state index contributed by atoms with van der Waals surface area (Å²) >= 11 is 0. The molecule has 122 valence electrons. The van der Waals surface area contributed by atoms with E-state index in [4.69, 9.17) is 4.84 Å². The second kappa shape index (κ2) is 6.76. The Morgan fingerprint density at radius 2 is 1.92 bits per heavy atom. The van der Waals surface area contributed by atoms with E-state index in [9.17, 15) is 9.18 Å². The lowest BCUT2D eigenvalue weighted by molar-refractivity contribution is -0.116. The Morgan fingerprint density at radius 3 is 2.71 bits per heavy atom. The summed E-state index contributed by atoms with van der Waals surface area (Å²) in [4.78, 5) is 21.7. The van der Waals surface area contributed by atoms with E-state index in [1.807, 2.05) is 36.4 Å². The number of hydrogen-bond donors (Lipinski definition) is 0. The van der Waals surface area contributed by atoms with Gasteiger partial charge in [-0.15, -0.1) is 0 Å². The number of benzene rings is 2. The first-order valence-corrected chi connectivity index (χ1v) is 7.55. The molecule has 1 aromatic heterocycles. The Labute approximate surface area is 139 Å². The Kier molecular flexibility index (Phi) is 4.53. The number of hydroxylamine groups is 2. The normalized spacial score (nSPS) is 10.8. The molecule has 0 aliphatic carbocycles. The minimum atomic E-state index is -0.389. The van der Waals surface area contributed by atoms with Crippen LogP contribution < -0.4 is 0 Å². The Morgan fingerprint density at radius 1 is 1.17 bits per heavy atom. The Balaban J connectivity index is 1.72. The molecule has 4 nitrogen and oxygen atoms in total. The van der Waals surface area contributed by atoms with Crippen LogP contribution in [0, 0.1) is 12.7 Å². The molecule has 3 aromatic rings. The van der Waals surface area contributed by atoms with E-state index in [0.717, 1.165) is 22.0 Å². The van der Waals surface area contributed by atoms with Crippen LogP contribution in [0.25, 0.3) is 10.8 Å². The molecule has 1 heterocycles. The highest BCUT2D eigenvalue weighted by Gasteiger charge is 2.14. The minimum Gasteiger partial charge on any atom is -0.267 e. The van der Waals surface area contributed by atoms with Gasteiger partial charge in [-0.25, -0.2) is 9.45 Å². The van der Waals surface area contributed by atoms with Crippen LogP contribution in [0.1, 0.15) is 21.5 Å². The van der Waals surface area contributed by atoms with Crippen LogP contribution in [0.5, 0.6) is 0 Å². The maximum absolute atomic E-state index is 13.5. The molecule has 0 aliphatic rings. The largest absolute Gasteiger partial charge is 0.277 e.